The molecule has 1 aromatic carbocycles. The molecule has 0 fully saturated rings. The number of sulfonamides is 1. The minimum Gasteiger partial charge on any atom is -0.318 e. The molecule has 0 radical (unpaired) electrons. The minimum absolute atomic E-state index is 0. The van der Waals surface area contributed by atoms with E-state index in [9.17, 15) is 18.5 Å². The average molecular weight is 344 g/mol. The van der Waals surface area contributed by atoms with Crippen LogP contribution >= 0.6 is 24.0 Å². The van der Waals surface area contributed by atoms with Gasteiger partial charge in [0, 0.05) is 19.2 Å². The third-order valence-corrected chi connectivity index (χ3v) is 4.31. The van der Waals surface area contributed by atoms with Gasteiger partial charge >= 0.3 is 0 Å². The van der Waals surface area contributed by atoms with Crippen LogP contribution in [0, 0.1) is 17.0 Å². The maximum absolute atomic E-state index is 12.0. The van der Waals surface area contributed by atoms with Crippen LogP contribution in [0.1, 0.15) is 5.56 Å². The van der Waals surface area contributed by atoms with Gasteiger partial charge in [-0.05, 0) is 25.6 Å². The molecule has 10 heteroatoms. The maximum Gasteiger partial charge on any atom is 0.289 e. The van der Waals surface area contributed by atoms with Crippen LogP contribution in [0.2, 0.25) is 5.02 Å². The summed E-state index contributed by atoms with van der Waals surface area (Å²) in [5.41, 5.74) is 0.0285. The number of benzene rings is 1. The van der Waals surface area contributed by atoms with Crippen LogP contribution in [0.15, 0.2) is 17.0 Å². The van der Waals surface area contributed by atoms with Gasteiger partial charge in [-0.25, -0.2) is 13.1 Å². The Balaban J connectivity index is 0.00000361. The molecule has 0 saturated heterocycles. The topological polar surface area (TPSA) is 101 Å². The van der Waals surface area contributed by atoms with Gasteiger partial charge < -0.3 is 5.32 Å². The van der Waals surface area contributed by atoms with Crippen molar-refractivity contribution in [3.8, 4) is 0 Å². The van der Waals surface area contributed by atoms with Crippen molar-refractivity contribution in [1.29, 1.82) is 0 Å². The molecule has 7 nitrogen and oxygen atoms in total. The fourth-order valence-electron chi connectivity index (χ4n) is 1.43. The Morgan fingerprint density at radius 3 is 2.45 bits per heavy atom. The van der Waals surface area contributed by atoms with Crippen molar-refractivity contribution in [3.05, 3.63) is 32.8 Å². The number of nitro benzene ring substituents is 1. The van der Waals surface area contributed by atoms with Crippen molar-refractivity contribution in [3.63, 3.8) is 0 Å². The van der Waals surface area contributed by atoms with Crippen molar-refractivity contribution >= 4 is 39.7 Å². The lowest BCUT2D eigenvalue weighted by Gasteiger charge is -2.09. The Morgan fingerprint density at radius 2 is 1.95 bits per heavy atom. The van der Waals surface area contributed by atoms with Gasteiger partial charge in [-0.3, -0.25) is 10.1 Å². The zero-order valence-corrected chi connectivity index (χ0v) is 13.2. The Kier molecular flexibility index (Phi) is 7.39. The number of nitrogens with one attached hydrogen (secondary N) is 2. The molecule has 0 heterocycles. The summed E-state index contributed by atoms with van der Waals surface area (Å²) in [6.07, 6.45) is 0. The first kappa shape index (κ1) is 19.1. The molecule has 0 aliphatic rings. The Morgan fingerprint density at radius 1 is 1.35 bits per heavy atom. The fourth-order valence-corrected chi connectivity index (χ4v) is 3.12. The summed E-state index contributed by atoms with van der Waals surface area (Å²) in [7, 11) is -2.19. The molecule has 20 heavy (non-hydrogen) atoms. The molecule has 2 N–H and O–H groups in total. The van der Waals surface area contributed by atoms with Crippen molar-refractivity contribution in [2.75, 3.05) is 20.1 Å². The van der Waals surface area contributed by atoms with Crippen molar-refractivity contribution in [2.45, 2.75) is 11.8 Å². The molecule has 0 saturated carbocycles. The molecule has 0 aliphatic carbocycles. The summed E-state index contributed by atoms with van der Waals surface area (Å²) in [6.45, 7) is 2.16. The number of hydrogen-bond acceptors (Lipinski definition) is 5. The molecular formula is C10H15Cl2N3O4S. The molecule has 0 atom stereocenters. The summed E-state index contributed by atoms with van der Waals surface area (Å²) < 4.78 is 26.3. The Bertz CT molecular complexity index is 592. The second-order valence-corrected chi connectivity index (χ2v) is 5.97. The van der Waals surface area contributed by atoms with Gasteiger partial charge in [0.05, 0.1) is 4.92 Å². The summed E-state index contributed by atoms with van der Waals surface area (Å²) in [6, 6.07) is 2.53. The van der Waals surface area contributed by atoms with Gasteiger partial charge in [0.1, 0.15) is 9.92 Å². The number of aryl methyl sites for hydroxylation is 1. The molecular weight excluding hydrogens is 329 g/mol. The molecule has 0 bridgehead atoms. The largest absolute Gasteiger partial charge is 0.318 e. The summed E-state index contributed by atoms with van der Waals surface area (Å²) in [4.78, 5) is 9.82. The van der Waals surface area contributed by atoms with E-state index in [4.69, 9.17) is 11.6 Å². The van der Waals surface area contributed by atoms with Crippen molar-refractivity contribution in [1.82, 2.24) is 10.0 Å². The van der Waals surface area contributed by atoms with Crippen LogP contribution in [0.4, 0.5) is 5.69 Å². The van der Waals surface area contributed by atoms with E-state index in [0.29, 0.717) is 12.1 Å². The van der Waals surface area contributed by atoms with E-state index < -0.39 is 20.6 Å². The second kappa shape index (κ2) is 7.75. The first-order valence-electron chi connectivity index (χ1n) is 5.38. The number of halogens is 2. The van der Waals surface area contributed by atoms with Gasteiger partial charge in [-0.1, -0.05) is 11.6 Å². The SMILES string of the molecule is CNCCNS(=O)(=O)c1cc(C)cc([N+](=O)[O-])c1Cl.Cl. The van der Waals surface area contributed by atoms with E-state index >= 15 is 0 Å². The van der Waals surface area contributed by atoms with Crippen molar-refractivity contribution < 1.29 is 13.3 Å². The maximum atomic E-state index is 12.0. The van der Waals surface area contributed by atoms with Crippen LogP contribution in [-0.2, 0) is 10.0 Å². The summed E-state index contributed by atoms with van der Waals surface area (Å²) in [5, 5.41) is 13.2. The smallest absolute Gasteiger partial charge is 0.289 e. The molecule has 1 aromatic rings. The Labute approximate surface area is 128 Å². The highest BCUT2D eigenvalue weighted by atomic mass is 35.5. The normalized spacial score (nSPS) is 10.9. The molecule has 0 spiro atoms. The van der Waals surface area contributed by atoms with E-state index in [-0.39, 0.29) is 28.9 Å². The number of rotatable bonds is 6. The third-order valence-electron chi connectivity index (χ3n) is 2.32. The summed E-state index contributed by atoms with van der Waals surface area (Å²) in [5.74, 6) is 0. The molecule has 0 unspecified atom stereocenters. The lowest BCUT2D eigenvalue weighted by atomic mass is 10.2. The van der Waals surface area contributed by atoms with Crippen LogP contribution in [-0.4, -0.2) is 33.5 Å². The number of hydrogen-bond donors (Lipinski definition) is 2. The minimum atomic E-state index is -3.87. The Hall–Kier alpha value is -0.930. The van der Waals surface area contributed by atoms with Crippen molar-refractivity contribution in [2.24, 2.45) is 0 Å². The van der Waals surface area contributed by atoms with Gasteiger partial charge in [0.2, 0.25) is 10.0 Å². The molecule has 0 amide bonds. The fraction of sp³-hybridized carbons (Fsp3) is 0.400. The van der Waals surface area contributed by atoms with E-state index in [1.54, 1.807) is 14.0 Å². The van der Waals surface area contributed by atoms with E-state index in [1.165, 1.54) is 12.1 Å². The average Bonchev–Trinajstić information content (AvgIpc) is 2.31. The van der Waals surface area contributed by atoms with Crippen LogP contribution < -0.4 is 10.0 Å². The van der Waals surface area contributed by atoms with Crippen LogP contribution in [0.5, 0.6) is 0 Å². The predicted molar refractivity (Wildman–Crippen MR) is 79.2 cm³/mol. The van der Waals surface area contributed by atoms with Gasteiger partial charge in [-0.2, -0.15) is 0 Å². The van der Waals surface area contributed by atoms with Crippen LogP contribution in [0.3, 0.4) is 0 Å². The van der Waals surface area contributed by atoms with E-state index in [2.05, 4.69) is 10.0 Å². The molecule has 0 aromatic heterocycles. The zero-order valence-electron chi connectivity index (χ0n) is 10.8. The number of likely N-dealkylation sites (N-methyl/N-ethyl adjacent to an activating group) is 1. The lowest BCUT2D eigenvalue weighted by molar-refractivity contribution is -0.385. The van der Waals surface area contributed by atoms with Crippen LogP contribution in [0.25, 0.3) is 0 Å². The molecule has 0 aliphatic heterocycles. The zero-order chi connectivity index (χ0) is 14.6. The number of nitrogens with zero attached hydrogens (tertiary/aromatic N) is 1. The third kappa shape index (κ3) is 4.57. The predicted octanol–water partition coefficient (Wildman–Crippen LogP) is 1.48. The highest BCUT2D eigenvalue weighted by Crippen LogP contribution is 2.32. The van der Waals surface area contributed by atoms with Gasteiger partial charge in [-0.15, -0.1) is 12.4 Å². The second-order valence-electron chi connectivity index (χ2n) is 3.85. The summed E-state index contributed by atoms with van der Waals surface area (Å²) >= 11 is 5.80. The quantitative estimate of drug-likeness (QED) is 0.462. The first-order valence-corrected chi connectivity index (χ1v) is 7.24. The van der Waals surface area contributed by atoms with Gasteiger partial charge in [0.25, 0.3) is 5.69 Å². The standard InChI is InChI=1S/C10H14ClN3O4S.ClH/c1-7-5-8(14(15)16)10(11)9(6-7)19(17,18)13-4-3-12-2;/h5-6,12-13H,3-4H2,1-2H3;1H. The lowest BCUT2D eigenvalue weighted by Crippen LogP contribution is -2.30. The van der Waals surface area contributed by atoms with Gasteiger partial charge in [0.15, 0.2) is 0 Å². The van der Waals surface area contributed by atoms with E-state index in [1.807, 2.05) is 0 Å². The number of nitro groups is 1. The first-order chi connectivity index (χ1) is 8.79. The molecule has 1 rings (SSSR count). The molecule has 114 valence electrons. The monoisotopic (exact) mass is 343 g/mol. The van der Waals surface area contributed by atoms with E-state index in [0.717, 1.165) is 0 Å². The highest BCUT2D eigenvalue weighted by molar-refractivity contribution is 7.89. The highest BCUT2D eigenvalue weighted by Gasteiger charge is 2.25.